The molecule has 4 rings (SSSR count). The monoisotopic (exact) mass is 386 g/mol. The number of nitrogens with zero attached hydrogens (tertiary/aromatic N) is 1. The van der Waals surface area contributed by atoms with Gasteiger partial charge in [-0.25, -0.2) is 4.98 Å². The topological polar surface area (TPSA) is 72.0 Å². The van der Waals surface area contributed by atoms with Crippen molar-refractivity contribution in [1.82, 2.24) is 9.97 Å². The van der Waals surface area contributed by atoms with Crippen LogP contribution >= 0.6 is 23.1 Å². The number of carbonyl (C=O) groups is 1. The van der Waals surface area contributed by atoms with E-state index >= 15 is 0 Å². The molecule has 0 saturated carbocycles. The molecule has 2 aromatic heterocycles. The summed E-state index contributed by atoms with van der Waals surface area (Å²) < 4.78 is 5.28. The fraction of sp³-hybridized carbons (Fsp3) is 0.316. The normalized spacial score (nSPS) is 13.1. The molecule has 1 aliphatic rings. The summed E-state index contributed by atoms with van der Waals surface area (Å²) in [5.41, 5.74) is 2.15. The van der Waals surface area contributed by atoms with E-state index in [0.717, 1.165) is 40.1 Å². The number of benzene rings is 1. The van der Waals surface area contributed by atoms with Crippen LogP contribution in [-0.2, 0) is 29.0 Å². The summed E-state index contributed by atoms with van der Waals surface area (Å²) in [6.07, 6.45) is 3.08. The summed E-state index contributed by atoms with van der Waals surface area (Å²) >= 11 is 3.03. The van der Waals surface area contributed by atoms with Crippen molar-refractivity contribution in [3.05, 3.63) is 56.4 Å². The Kier molecular flexibility index (Phi) is 4.82. The first-order chi connectivity index (χ1) is 12.6. The van der Waals surface area contributed by atoms with Gasteiger partial charge in [0.2, 0.25) is 0 Å². The van der Waals surface area contributed by atoms with Crippen molar-refractivity contribution in [1.29, 1.82) is 0 Å². The molecule has 1 aromatic carbocycles. The van der Waals surface area contributed by atoms with Gasteiger partial charge in [-0.1, -0.05) is 18.2 Å². The number of aryl methyl sites for hydroxylation is 3. The standard InChI is InChI=1S/C19H18N2O3S2/c1-11-5-2-3-7-13(11)25-10-16(22)24-9-15-20-18(23)17-12-6-4-8-14(12)26-19(17)21-15/h2-3,5,7H,4,6,8-10H2,1H3,(H,20,21,23). The van der Waals surface area contributed by atoms with Gasteiger partial charge in [-0.3, -0.25) is 9.59 Å². The number of carbonyl (C=O) groups excluding carboxylic acids is 1. The zero-order valence-corrected chi connectivity index (χ0v) is 16.0. The van der Waals surface area contributed by atoms with Crippen LogP contribution in [0.1, 0.15) is 28.2 Å². The Balaban J connectivity index is 1.41. The van der Waals surface area contributed by atoms with Gasteiger partial charge in [0.05, 0.1) is 11.1 Å². The molecule has 0 amide bonds. The molecule has 0 atom stereocenters. The number of hydrogen-bond donors (Lipinski definition) is 1. The maximum Gasteiger partial charge on any atom is 0.316 e. The third-order valence-electron chi connectivity index (χ3n) is 4.43. The average molecular weight is 386 g/mol. The highest BCUT2D eigenvalue weighted by atomic mass is 32.2. The highest BCUT2D eigenvalue weighted by molar-refractivity contribution is 8.00. The highest BCUT2D eigenvalue weighted by Crippen LogP contribution is 2.34. The molecule has 2 heterocycles. The Morgan fingerprint density at radius 2 is 2.19 bits per heavy atom. The lowest BCUT2D eigenvalue weighted by Gasteiger charge is -2.06. The SMILES string of the molecule is Cc1ccccc1SCC(=O)OCc1nc2sc3c(c2c(=O)[nH]1)CCC3. The highest BCUT2D eigenvalue weighted by Gasteiger charge is 2.21. The van der Waals surface area contributed by atoms with Gasteiger partial charge in [-0.2, -0.15) is 0 Å². The minimum absolute atomic E-state index is 0.0130. The third-order valence-corrected chi connectivity index (χ3v) is 6.77. The molecule has 0 aliphatic heterocycles. The second-order valence-corrected chi connectivity index (χ2v) is 8.37. The van der Waals surface area contributed by atoms with Crippen LogP contribution in [0.3, 0.4) is 0 Å². The van der Waals surface area contributed by atoms with Crippen LogP contribution in [0, 0.1) is 6.92 Å². The van der Waals surface area contributed by atoms with Crippen molar-refractivity contribution in [3.63, 3.8) is 0 Å². The lowest BCUT2D eigenvalue weighted by atomic mass is 10.2. The first-order valence-electron chi connectivity index (χ1n) is 8.49. The molecule has 0 fully saturated rings. The Labute approximate surface area is 158 Å². The van der Waals surface area contributed by atoms with E-state index in [-0.39, 0.29) is 23.9 Å². The first-order valence-corrected chi connectivity index (χ1v) is 10.3. The van der Waals surface area contributed by atoms with E-state index < -0.39 is 0 Å². The molecule has 0 saturated heterocycles. The van der Waals surface area contributed by atoms with E-state index in [9.17, 15) is 9.59 Å². The predicted molar refractivity (Wildman–Crippen MR) is 104 cm³/mol. The summed E-state index contributed by atoms with van der Waals surface area (Å²) in [5, 5.41) is 0.715. The van der Waals surface area contributed by atoms with Gasteiger partial charge in [-0.15, -0.1) is 23.1 Å². The van der Waals surface area contributed by atoms with Gasteiger partial charge in [0.1, 0.15) is 17.3 Å². The first kappa shape index (κ1) is 17.3. The van der Waals surface area contributed by atoms with Crippen LogP contribution in [0.5, 0.6) is 0 Å². The Hall–Kier alpha value is -2.12. The van der Waals surface area contributed by atoms with Crippen LogP contribution in [0.2, 0.25) is 0 Å². The van der Waals surface area contributed by atoms with Crippen molar-refractivity contribution < 1.29 is 9.53 Å². The summed E-state index contributed by atoms with van der Waals surface area (Å²) in [7, 11) is 0. The predicted octanol–water partition coefficient (Wildman–Crippen LogP) is 3.62. The summed E-state index contributed by atoms with van der Waals surface area (Å²) in [6.45, 7) is 2.00. The fourth-order valence-corrected chi connectivity index (χ4v) is 5.27. The smallest absolute Gasteiger partial charge is 0.316 e. The van der Waals surface area contributed by atoms with E-state index in [2.05, 4.69) is 9.97 Å². The zero-order chi connectivity index (χ0) is 18.1. The Bertz CT molecular complexity index is 1040. The average Bonchev–Trinajstić information content (AvgIpc) is 3.19. The molecule has 7 heteroatoms. The lowest BCUT2D eigenvalue weighted by Crippen LogP contribution is -2.15. The molecule has 0 unspecified atom stereocenters. The van der Waals surface area contributed by atoms with Gasteiger partial charge in [-0.05, 0) is 43.4 Å². The Morgan fingerprint density at radius 1 is 1.35 bits per heavy atom. The van der Waals surface area contributed by atoms with Crippen LogP contribution < -0.4 is 5.56 Å². The number of rotatable bonds is 5. The lowest BCUT2D eigenvalue weighted by molar-refractivity contribution is -0.141. The Morgan fingerprint density at radius 3 is 3.04 bits per heavy atom. The minimum Gasteiger partial charge on any atom is -0.457 e. The molecule has 134 valence electrons. The van der Waals surface area contributed by atoms with Gasteiger partial charge in [0, 0.05) is 9.77 Å². The van der Waals surface area contributed by atoms with Crippen LogP contribution in [0.15, 0.2) is 34.0 Å². The van der Waals surface area contributed by atoms with Crippen LogP contribution in [-0.4, -0.2) is 21.7 Å². The molecular formula is C19H18N2O3S2. The number of hydrogen-bond acceptors (Lipinski definition) is 6. The van der Waals surface area contributed by atoms with Gasteiger partial charge in [0.15, 0.2) is 0 Å². The minimum atomic E-state index is -0.324. The molecule has 0 spiro atoms. The van der Waals surface area contributed by atoms with E-state index in [1.807, 2.05) is 31.2 Å². The molecule has 1 aliphatic carbocycles. The fourth-order valence-electron chi connectivity index (χ4n) is 3.16. The molecule has 26 heavy (non-hydrogen) atoms. The number of esters is 1. The molecule has 3 aromatic rings. The van der Waals surface area contributed by atoms with Crippen molar-refractivity contribution in [3.8, 4) is 0 Å². The van der Waals surface area contributed by atoms with E-state index in [0.29, 0.717) is 11.2 Å². The van der Waals surface area contributed by atoms with Gasteiger partial charge >= 0.3 is 5.97 Å². The van der Waals surface area contributed by atoms with Crippen molar-refractivity contribution in [2.45, 2.75) is 37.7 Å². The van der Waals surface area contributed by atoms with Gasteiger partial charge in [0.25, 0.3) is 5.56 Å². The quantitative estimate of drug-likeness (QED) is 0.536. The summed E-state index contributed by atoms with van der Waals surface area (Å²) in [4.78, 5) is 34.7. The number of thiophene rings is 1. The maximum absolute atomic E-state index is 12.4. The van der Waals surface area contributed by atoms with Crippen molar-refractivity contribution in [2.75, 3.05) is 5.75 Å². The molecular weight excluding hydrogens is 368 g/mol. The number of nitrogens with one attached hydrogen (secondary N) is 1. The number of H-pyrrole nitrogens is 1. The maximum atomic E-state index is 12.4. The summed E-state index contributed by atoms with van der Waals surface area (Å²) in [6, 6.07) is 7.91. The molecule has 0 radical (unpaired) electrons. The largest absolute Gasteiger partial charge is 0.457 e. The number of aromatic nitrogens is 2. The summed E-state index contributed by atoms with van der Waals surface area (Å²) in [5.74, 6) is 0.302. The third kappa shape index (κ3) is 3.41. The molecule has 1 N–H and O–H groups in total. The van der Waals surface area contributed by atoms with E-state index in [1.54, 1.807) is 11.3 Å². The number of thioether (sulfide) groups is 1. The number of aromatic amines is 1. The number of fused-ring (bicyclic) bond motifs is 3. The molecule has 5 nitrogen and oxygen atoms in total. The van der Waals surface area contributed by atoms with Gasteiger partial charge < -0.3 is 9.72 Å². The molecule has 0 bridgehead atoms. The zero-order valence-electron chi connectivity index (χ0n) is 14.3. The van der Waals surface area contributed by atoms with Crippen molar-refractivity contribution in [2.24, 2.45) is 0 Å². The van der Waals surface area contributed by atoms with Crippen molar-refractivity contribution >= 4 is 39.3 Å². The van der Waals surface area contributed by atoms with Crippen LogP contribution in [0.4, 0.5) is 0 Å². The number of ether oxygens (including phenoxy) is 1. The second-order valence-electron chi connectivity index (χ2n) is 6.26. The second kappa shape index (κ2) is 7.25. The van der Waals surface area contributed by atoms with E-state index in [4.69, 9.17) is 4.74 Å². The van der Waals surface area contributed by atoms with Crippen LogP contribution in [0.25, 0.3) is 10.2 Å². The van der Waals surface area contributed by atoms with E-state index in [1.165, 1.54) is 16.6 Å².